The van der Waals surface area contributed by atoms with Crippen LogP contribution in [0.4, 0.5) is 0 Å². The Morgan fingerprint density at radius 3 is 2.40 bits per heavy atom. The van der Waals surface area contributed by atoms with Gasteiger partial charge in [-0.3, -0.25) is 9.79 Å². The van der Waals surface area contributed by atoms with Gasteiger partial charge in [-0.2, -0.15) is 0 Å². The second-order valence-corrected chi connectivity index (χ2v) is 5.66. The molecule has 1 aromatic carbocycles. The van der Waals surface area contributed by atoms with Gasteiger partial charge in [0.15, 0.2) is 5.96 Å². The van der Waals surface area contributed by atoms with E-state index >= 15 is 0 Å². The molecule has 6 heteroatoms. The zero-order valence-corrected chi connectivity index (χ0v) is 16.0. The number of hydrogen-bond donors (Lipinski definition) is 2. The van der Waals surface area contributed by atoms with Crippen LogP contribution < -0.4 is 15.4 Å². The summed E-state index contributed by atoms with van der Waals surface area (Å²) >= 11 is 0. The Morgan fingerprint density at radius 1 is 1.12 bits per heavy atom. The highest BCUT2D eigenvalue weighted by molar-refractivity contribution is 5.80. The Hall–Kier alpha value is -2.24. The van der Waals surface area contributed by atoms with Gasteiger partial charge >= 0.3 is 0 Å². The summed E-state index contributed by atoms with van der Waals surface area (Å²) in [6.07, 6.45) is 0.429. The first-order valence-electron chi connectivity index (χ1n) is 9.10. The van der Waals surface area contributed by atoms with Gasteiger partial charge in [0.25, 0.3) is 0 Å². The minimum Gasteiger partial charge on any atom is -0.492 e. The standard InChI is InChI=1S/C19H32N4O2/c1-5-20-19(21-13-12-18(24)23(6-2)7-3)22-14-15-25-17-10-8-16(4)9-11-17/h8-11H,5-7,12-15H2,1-4H3,(H2,20,21,22). The molecule has 0 bridgehead atoms. The van der Waals surface area contributed by atoms with Crippen LogP contribution in [0.3, 0.4) is 0 Å². The molecular weight excluding hydrogens is 316 g/mol. The SMILES string of the molecule is CCNC(=NCCC(=O)N(CC)CC)NCCOc1ccc(C)cc1. The van der Waals surface area contributed by atoms with Crippen LogP contribution in [-0.4, -0.2) is 56.1 Å². The van der Waals surface area contributed by atoms with Crippen LogP contribution in [0.5, 0.6) is 5.75 Å². The summed E-state index contributed by atoms with van der Waals surface area (Å²) < 4.78 is 5.69. The number of rotatable bonds is 10. The first kappa shape index (κ1) is 20.8. The molecule has 0 aliphatic rings. The normalized spacial score (nSPS) is 11.1. The summed E-state index contributed by atoms with van der Waals surface area (Å²) in [6, 6.07) is 7.99. The van der Waals surface area contributed by atoms with Crippen molar-refractivity contribution in [3.63, 3.8) is 0 Å². The minimum atomic E-state index is 0.146. The van der Waals surface area contributed by atoms with E-state index in [1.54, 1.807) is 0 Å². The van der Waals surface area contributed by atoms with E-state index in [2.05, 4.69) is 22.5 Å². The number of nitrogens with zero attached hydrogens (tertiary/aromatic N) is 2. The lowest BCUT2D eigenvalue weighted by Crippen LogP contribution is -2.39. The molecule has 0 aliphatic carbocycles. The third-order valence-corrected chi connectivity index (χ3v) is 3.74. The van der Waals surface area contributed by atoms with Crippen molar-refractivity contribution in [3.05, 3.63) is 29.8 Å². The van der Waals surface area contributed by atoms with Crippen LogP contribution in [0, 0.1) is 6.92 Å². The molecule has 0 aromatic heterocycles. The molecule has 1 amide bonds. The summed E-state index contributed by atoms with van der Waals surface area (Å²) in [7, 11) is 0. The summed E-state index contributed by atoms with van der Waals surface area (Å²) in [5.74, 6) is 1.72. The molecule has 140 valence electrons. The Balaban J connectivity index is 2.34. The monoisotopic (exact) mass is 348 g/mol. The number of aliphatic imine (C=N–C) groups is 1. The molecule has 25 heavy (non-hydrogen) atoms. The number of nitrogens with one attached hydrogen (secondary N) is 2. The Kier molecular flexibility index (Phi) is 10.1. The number of guanidine groups is 1. The maximum absolute atomic E-state index is 12.0. The van der Waals surface area contributed by atoms with Crippen LogP contribution in [0.15, 0.2) is 29.3 Å². The molecule has 0 saturated carbocycles. The van der Waals surface area contributed by atoms with Crippen LogP contribution in [0.1, 0.15) is 32.8 Å². The molecule has 1 rings (SSSR count). The largest absolute Gasteiger partial charge is 0.492 e. The van der Waals surface area contributed by atoms with Gasteiger partial charge in [-0.05, 0) is 39.8 Å². The number of amides is 1. The highest BCUT2D eigenvalue weighted by atomic mass is 16.5. The van der Waals surface area contributed by atoms with Gasteiger partial charge in [0.1, 0.15) is 12.4 Å². The molecule has 0 aliphatic heterocycles. The highest BCUT2D eigenvalue weighted by Crippen LogP contribution is 2.10. The number of ether oxygens (including phenoxy) is 1. The lowest BCUT2D eigenvalue weighted by molar-refractivity contribution is -0.130. The molecule has 2 N–H and O–H groups in total. The maximum atomic E-state index is 12.0. The van der Waals surface area contributed by atoms with Crippen molar-refractivity contribution in [2.45, 2.75) is 34.1 Å². The van der Waals surface area contributed by atoms with Crippen LogP contribution >= 0.6 is 0 Å². The van der Waals surface area contributed by atoms with E-state index < -0.39 is 0 Å². The number of carbonyl (C=O) groups excluding carboxylic acids is 1. The van der Waals surface area contributed by atoms with Crippen molar-refractivity contribution in [3.8, 4) is 5.75 Å². The molecule has 0 fully saturated rings. The van der Waals surface area contributed by atoms with E-state index in [0.29, 0.717) is 32.1 Å². The smallest absolute Gasteiger partial charge is 0.224 e. The fourth-order valence-corrected chi connectivity index (χ4v) is 2.31. The highest BCUT2D eigenvalue weighted by Gasteiger charge is 2.08. The quantitative estimate of drug-likeness (QED) is 0.386. The maximum Gasteiger partial charge on any atom is 0.224 e. The van der Waals surface area contributed by atoms with Gasteiger partial charge in [-0.15, -0.1) is 0 Å². The Bertz CT molecular complexity index is 525. The van der Waals surface area contributed by atoms with Gasteiger partial charge in [-0.1, -0.05) is 17.7 Å². The van der Waals surface area contributed by atoms with Crippen molar-refractivity contribution in [2.75, 3.05) is 39.3 Å². The van der Waals surface area contributed by atoms with E-state index in [9.17, 15) is 4.79 Å². The van der Waals surface area contributed by atoms with Gasteiger partial charge in [0.05, 0.1) is 13.1 Å². The fraction of sp³-hybridized carbons (Fsp3) is 0.579. The lowest BCUT2D eigenvalue weighted by atomic mass is 10.2. The van der Waals surface area contributed by atoms with E-state index in [4.69, 9.17) is 4.74 Å². The molecule has 0 atom stereocenters. The van der Waals surface area contributed by atoms with Gasteiger partial charge in [0, 0.05) is 26.1 Å². The Morgan fingerprint density at radius 2 is 1.80 bits per heavy atom. The van der Waals surface area contributed by atoms with Gasteiger partial charge in [0.2, 0.25) is 5.91 Å². The minimum absolute atomic E-state index is 0.146. The number of hydrogen-bond acceptors (Lipinski definition) is 3. The molecule has 0 saturated heterocycles. The number of carbonyl (C=O) groups is 1. The molecule has 6 nitrogen and oxygen atoms in total. The molecule has 0 spiro atoms. The van der Waals surface area contributed by atoms with Crippen LogP contribution in [-0.2, 0) is 4.79 Å². The Labute approximate surface area is 151 Å². The zero-order chi connectivity index (χ0) is 18.5. The van der Waals surface area contributed by atoms with E-state index in [1.807, 2.05) is 49.9 Å². The second-order valence-electron chi connectivity index (χ2n) is 5.66. The van der Waals surface area contributed by atoms with E-state index in [-0.39, 0.29) is 5.91 Å². The van der Waals surface area contributed by atoms with Crippen molar-refractivity contribution in [1.29, 1.82) is 0 Å². The van der Waals surface area contributed by atoms with Crippen LogP contribution in [0.2, 0.25) is 0 Å². The predicted octanol–water partition coefficient (Wildman–Crippen LogP) is 2.19. The van der Waals surface area contributed by atoms with E-state index in [1.165, 1.54) is 5.56 Å². The number of aryl methyl sites for hydroxylation is 1. The van der Waals surface area contributed by atoms with Crippen LogP contribution in [0.25, 0.3) is 0 Å². The van der Waals surface area contributed by atoms with Crippen molar-refractivity contribution < 1.29 is 9.53 Å². The van der Waals surface area contributed by atoms with E-state index in [0.717, 1.165) is 25.4 Å². The second kappa shape index (κ2) is 12.2. The lowest BCUT2D eigenvalue weighted by Gasteiger charge is -2.18. The zero-order valence-electron chi connectivity index (χ0n) is 16.0. The topological polar surface area (TPSA) is 66.0 Å². The average molecular weight is 348 g/mol. The summed E-state index contributed by atoms with van der Waals surface area (Å²) in [5, 5.41) is 6.40. The van der Waals surface area contributed by atoms with Crippen molar-refractivity contribution in [1.82, 2.24) is 15.5 Å². The molecular formula is C19H32N4O2. The average Bonchev–Trinajstić information content (AvgIpc) is 2.61. The third kappa shape index (κ3) is 8.42. The van der Waals surface area contributed by atoms with Gasteiger partial charge in [-0.25, -0.2) is 0 Å². The van der Waals surface area contributed by atoms with Crippen molar-refractivity contribution in [2.24, 2.45) is 4.99 Å². The molecule has 0 radical (unpaired) electrons. The number of benzene rings is 1. The predicted molar refractivity (Wildman–Crippen MR) is 103 cm³/mol. The first-order chi connectivity index (χ1) is 12.1. The first-order valence-corrected chi connectivity index (χ1v) is 9.10. The molecule has 1 aromatic rings. The van der Waals surface area contributed by atoms with Crippen molar-refractivity contribution >= 4 is 11.9 Å². The summed E-state index contributed by atoms with van der Waals surface area (Å²) in [6.45, 7) is 12.0. The summed E-state index contributed by atoms with van der Waals surface area (Å²) in [4.78, 5) is 18.3. The summed E-state index contributed by atoms with van der Waals surface area (Å²) in [5.41, 5.74) is 1.21. The molecule has 0 heterocycles. The molecule has 0 unspecified atom stereocenters. The fourth-order valence-electron chi connectivity index (χ4n) is 2.31. The van der Waals surface area contributed by atoms with Gasteiger partial charge < -0.3 is 20.3 Å². The third-order valence-electron chi connectivity index (χ3n) is 3.74.